The molecule has 80 valence electrons. The Morgan fingerprint density at radius 2 is 2.33 bits per heavy atom. The number of nitrogen functional groups attached to an aromatic ring is 1. The molecule has 1 heterocycles. The number of aromatic nitrogens is 1. The molecule has 1 aromatic heterocycles. The molecule has 0 saturated carbocycles. The third kappa shape index (κ3) is 2.21. The lowest BCUT2D eigenvalue weighted by Gasteiger charge is -1.94. The molecule has 0 aliphatic heterocycles. The van der Waals surface area contributed by atoms with E-state index in [0.717, 1.165) is 23.6 Å². The monoisotopic (exact) mass is 242 g/mol. The van der Waals surface area contributed by atoms with Gasteiger partial charge in [-0.15, -0.1) is 0 Å². The fourth-order valence-corrected chi connectivity index (χ4v) is 1.84. The standard InChI is InChI=1S/C10H11ClN2OS/c1-15-3-2-10-13-8-4-6(11)7(12)5-9(8)14-10/h4-5H,2-3,12H2,1H3. The molecular formula is C10H11ClN2OS. The van der Waals surface area contributed by atoms with E-state index in [1.807, 2.05) is 0 Å². The van der Waals surface area contributed by atoms with Crippen LogP contribution in [-0.4, -0.2) is 17.0 Å². The van der Waals surface area contributed by atoms with E-state index in [1.54, 1.807) is 23.9 Å². The summed E-state index contributed by atoms with van der Waals surface area (Å²) in [5, 5.41) is 0.521. The van der Waals surface area contributed by atoms with E-state index < -0.39 is 0 Å². The van der Waals surface area contributed by atoms with Gasteiger partial charge in [-0.1, -0.05) is 11.6 Å². The first kappa shape index (κ1) is 10.6. The second-order valence-corrected chi connectivity index (χ2v) is 4.58. The van der Waals surface area contributed by atoms with Crippen LogP contribution in [0.2, 0.25) is 5.02 Å². The van der Waals surface area contributed by atoms with Crippen molar-refractivity contribution >= 4 is 40.1 Å². The van der Waals surface area contributed by atoms with Crippen molar-refractivity contribution in [2.24, 2.45) is 0 Å². The van der Waals surface area contributed by atoms with Crippen LogP contribution in [0.1, 0.15) is 5.89 Å². The average molecular weight is 243 g/mol. The van der Waals surface area contributed by atoms with Gasteiger partial charge in [-0.05, 0) is 12.3 Å². The summed E-state index contributed by atoms with van der Waals surface area (Å²) in [6, 6.07) is 3.45. The number of oxazole rings is 1. The van der Waals surface area contributed by atoms with E-state index in [9.17, 15) is 0 Å². The van der Waals surface area contributed by atoms with Crippen LogP contribution in [0.25, 0.3) is 11.1 Å². The summed E-state index contributed by atoms with van der Waals surface area (Å²) < 4.78 is 5.54. The van der Waals surface area contributed by atoms with Crippen LogP contribution in [0.3, 0.4) is 0 Å². The summed E-state index contributed by atoms with van der Waals surface area (Å²) in [6.45, 7) is 0. The molecule has 3 nitrogen and oxygen atoms in total. The van der Waals surface area contributed by atoms with Crippen molar-refractivity contribution < 1.29 is 4.42 Å². The molecule has 0 bridgehead atoms. The highest BCUT2D eigenvalue weighted by molar-refractivity contribution is 7.98. The van der Waals surface area contributed by atoms with Gasteiger partial charge in [-0.3, -0.25) is 0 Å². The summed E-state index contributed by atoms with van der Waals surface area (Å²) in [7, 11) is 0. The summed E-state index contributed by atoms with van der Waals surface area (Å²) >= 11 is 7.65. The molecule has 0 spiro atoms. The number of fused-ring (bicyclic) bond motifs is 1. The van der Waals surface area contributed by atoms with Gasteiger partial charge in [-0.2, -0.15) is 11.8 Å². The lowest BCUT2D eigenvalue weighted by Crippen LogP contribution is -1.86. The predicted molar refractivity (Wildman–Crippen MR) is 65.5 cm³/mol. The van der Waals surface area contributed by atoms with Crippen LogP contribution in [0.5, 0.6) is 0 Å². The maximum Gasteiger partial charge on any atom is 0.196 e. The Morgan fingerprint density at radius 1 is 1.53 bits per heavy atom. The van der Waals surface area contributed by atoms with E-state index in [1.165, 1.54) is 0 Å². The Kier molecular flexibility index (Phi) is 3.07. The van der Waals surface area contributed by atoms with Crippen molar-refractivity contribution in [2.45, 2.75) is 6.42 Å². The normalized spacial score (nSPS) is 11.1. The Balaban J connectivity index is 2.38. The second kappa shape index (κ2) is 4.33. The first-order chi connectivity index (χ1) is 7.20. The summed E-state index contributed by atoms with van der Waals surface area (Å²) in [6.07, 6.45) is 2.88. The number of nitrogens with two attached hydrogens (primary N) is 1. The van der Waals surface area contributed by atoms with E-state index in [2.05, 4.69) is 11.2 Å². The molecule has 0 radical (unpaired) electrons. The Bertz CT molecular complexity index is 444. The van der Waals surface area contributed by atoms with E-state index in [0.29, 0.717) is 16.3 Å². The number of aryl methyl sites for hydroxylation is 1. The zero-order valence-corrected chi connectivity index (χ0v) is 9.86. The molecule has 0 fully saturated rings. The molecular weight excluding hydrogens is 232 g/mol. The van der Waals surface area contributed by atoms with Gasteiger partial charge in [0.25, 0.3) is 0 Å². The molecule has 0 aliphatic carbocycles. The number of rotatable bonds is 3. The molecule has 15 heavy (non-hydrogen) atoms. The van der Waals surface area contributed by atoms with Gasteiger partial charge in [0.1, 0.15) is 5.52 Å². The van der Waals surface area contributed by atoms with E-state index in [4.69, 9.17) is 21.8 Å². The SMILES string of the molecule is CSCCc1nc2cc(Cl)c(N)cc2o1. The van der Waals surface area contributed by atoms with Crippen molar-refractivity contribution in [3.63, 3.8) is 0 Å². The third-order valence-corrected chi connectivity index (χ3v) is 3.01. The van der Waals surface area contributed by atoms with Crippen molar-refractivity contribution in [3.05, 3.63) is 23.0 Å². The highest BCUT2D eigenvalue weighted by Crippen LogP contribution is 2.26. The Labute approximate surface area is 97.0 Å². The third-order valence-electron chi connectivity index (χ3n) is 2.07. The minimum Gasteiger partial charge on any atom is -0.441 e. The largest absolute Gasteiger partial charge is 0.441 e. The quantitative estimate of drug-likeness (QED) is 0.841. The lowest BCUT2D eigenvalue weighted by atomic mass is 10.3. The number of hydrogen-bond acceptors (Lipinski definition) is 4. The van der Waals surface area contributed by atoms with Crippen molar-refractivity contribution in [1.29, 1.82) is 0 Å². The summed E-state index contributed by atoms with van der Waals surface area (Å²) in [4.78, 5) is 4.33. The van der Waals surface area contributed by atoms with Gasteiger partial charge >= 0.3 is 0 Å². The fourth-order valence-electron chi connectivity index (χ4n) is 1.31. The molecule has 1 aromatic carbocycles. The van der Waals surface area contributed by atoms with Gasteiger partial charge in [-0.25, -0.2) is 4.98 Å². The smallest absolute Gasteiger partial charge is 0.196 e. The minimum absolute atomic E-state index is 0.521. The van der Waals surface area contributed by atoms with E-state index >= 15 is 0 Å². The molecule has 5 heteroatoms. The van der Waals surface area contributed by atoms with Crippen LogP contribution in [0.15, 0.2) is 16.5 Å². The lowest BCUT2D eigenvalue weighted by molar-refractivity contribution is 0.539. The van der Waals surface area contributed by atoms with Gasteiger partial charge in [0.05, 0.1) is 10.7 Å². The van der Waals surface area contributed by atoms with Crippen LogP contribution < -0.4 is 5.73 Å². The average Bonchev–Trinajstić information content (AvgIpc) is 2.58. The maximum atomic E-state index is 5.89. The second-order valence-electron chi connectivity index (χ2n) is 3.19. The molecule has 0 unspecified atom stereocenters. The zero-order chi connectivity index (χ0) is 10.8. The Hall–Kier alpha value is -0.870. The molecule has 0 amide bonds. The first-order valence-corrected chi connectivity index (χ1v) is 6.31. The number of benzene rings is 1. The molecule has 0 aliphatic rings. The van der Waals surface area contributed by atoms with Gasteiger partial charge in [0.15, 0.2) is 11.5 Å². The highest BCUT2D eigenvalue weighted by atomic mass is 35.5. The summed E-state index contributed by atoms with van der Waals surface area (Å²) in [5.74, 6) is 1.73. The molecule has 0 atom stereocenters. The van der Waals surface area contributed by atoms with Crippen LogP contribution in [0.4, 0.5) is 5.69 Å². The fraction of sp³-hybridized carbons (Fsp3) is 0.300. The zero-order valence-electron chi connectivity index (χ0n) is 8.29. The van der Waals surface area contributed by atoms with Gasteiger partial charge in [0, 0.05) is 18.2 Å². The molecule has 2 rings (SSSR count). The highest BCUT2D eigenvalue weighted by Gasteiger charge is 2.07. The number of anilines is 1. The van der Waals surface area contributed by atoms with Crippen molar-refractivity contribution in [2.75, 3.05) is 17.7 Å². The molecule has 0 saturated heterocycles. The van der Waals surface area contributed by atoms with Gasteiger partial charge < -0.3 is 10.2 Å². The minimum atomic E-state index is 0.521. The van der Waals surface area contributed by atoms with Crippen LogP contribution >= 0.6 is 23.4 Å². The van der Waals surface area contributed by atoms with Crippen molar-refractivity contribution in [3.8, 4) is 0 Å². The number of nitrogens with zero attached hydrogens (tertiary/aromatic N) is 1. The van der Waals surface area contributed by atoms with Crippen LogP contribution in [-0.2, 0) is 6.42 Å². The number of thioether (sulfide) groups is 1. The topological polar surface area (TPSA) is 52.0 Å². The van der Waals surface area contributed by atoms with E-state index in [-0.39, 0.29) is 0 Å². The molecule has 2 aromatic rings. The number of halogens is 1. The Morgan fingerprint density at radius 3 is 3.07 bits per heavy atom. The predicted octanol–water partition coefficient (Wildman–Crippen LogP) is 2.97. The molecule has 2 N–H and O–H groups in total. The maximum absolute atomic E-state index is 5.89. The number of hydrogen-bond donors (Lipinski definition) is 1. The van der Waals surface area contributed by atoms with Crippen LogP contribution in [0, 0.1) is 0 Å². The summed E-state index contributed by atoms with van der Waals surface area (Å²) in [5.41, 5.74) is 7.67. The van der Waals surface area contributed by atoms with Gasteiger partial charge in [0.2, 0.25) is 0 Å². The first-order valence-electron chi connectivity index (χ1n) is 4.54. The van der Waals surface area contributed by atoms with Crippen molar-refractivity contribution in [1.82, 2.24) is 4.98 Å².